The van der Waals surface area contributed by atoms with Crippen molar-refractivity contribution < 1.29 is 4.79 Å². The molecular weight excluding hydrogens is 432 g/mol. The lowest BCUT2D eigenvalue weighted by atomic mass is 10.1. The van der Waals surface area contributed by atoms with Crippen LogP contribution in [0.2, 0.25) is 0 Å². The summed E-state index contributed by atoms with van der Waals surface area (Å²) in [6.45, 7) is 2.42. The van der Waals surface area contributed by atoms with Gasteiger partial charge in [-0.3, -0.25) is 14.2 Å². The average Bonchev–Trinajstić information content (AvgIpc) is 2.81. The molecule has 168 valence electrons. The van der Waals surface area contributed by atoms with Crippen molar-refractivity contribution in [1.29, 1.82) is 0 Å². The molecule has 3 aromatic carbocycles. The van der Waals surface area contributed by atoms with Crippen LogP contribution in [0, 0.1) is 6.92 Å². The van der Waals surface area contributed by atoms with Crippen LogP contribution in [0.3, 0.4) is 0 Å². The van der Waals surface area contributed by atoms with Crippen molar-refractivity contribution in [3.63, 3.8) is 0 Å². The average molecular weight is 459 g/mol. The first-order chi connectivity index (χ1) is 15.9. The summed E-state index contributed by atoms with van der Waals surface area (Å²) in [7, 11) is 3.94. The van der Waals surface area contributed by atoms with Crippen LogP contribution in [0.1, 0.15) is 11.1 Å². The van der Waals surface area contributed by atoms with Crippen LogP contribution < -0.4 is 15.8 Å². The molecule has 7 heteroatoms. The zero-order valence-electron chi connectivity index (χ0n) is 18.9. The minimum atomic E-state index is -0.151. The number of amides is 1. The van der Waals surface area contributed by atoms with Crippen LogP contribution in [-0.2, 0) is 11.3 Å². The van der Waals surface area contributed by atoms with Gasteiger partial charge in [-0.25, -0.2) is 4.98 Å². The van der Waals surface area contributed by atoms with Crippen molar-refractivity contribution in [3.8, 4) is 0 Å². The Hall–Kier alpha value is -3.58. The van der Waals surface area contributed by atoms with Gasteiger partial charge in [-0.2, -0.15) is 0 Å². The number of nitrogens with one attached hydrogen (secondary N) is 1. The Balaban J connectivity index is 1.56. The molecule has 0 spiro atoms. The summed E-state index contributed by atoms with van der Waals surface area (Å²) < 4.78 is 1.65. The molecule has 0 atom stereocenters. The molecular formula is C26H26N4O2S. The summed E-state index contributed by atoms with van der Waals surface area (Å²) in [5.74, 6) is -0.00409. The lowest BCUT2D eigenvalue weighted by Crippen LogP contribution is -2.25. The number of aromatic nitrogens is 2. The highest BCUT2D eigenvalue weighted by Crippen LogP contribution is 2.20. The van der Waals surface area contributed by atoms with E-state index in [-0.39, 0.29) is 17.2 Å². The summed E-state index contributed by atoms with van der Waals surface area (Å²) in [6.07, 6.45) is 0. The lowest BCUT2D eigenvalue weighted by molar-refractivity contribution is -0.113. The van der Waals surface area contributed by atoms with Crippen molar-refractivity contribution >= 4 is 39.9 Å². The quantitative estimate of drug-likeness (QED) is 0.325. The molecule has 4 aromatic rings. The maximum Gasteiger partial charge on any atom is 0.262 e. The molecule has 0 bridgehead atoms. The molecule has 1 N–H and O–H groups in total. The first-order valence-electron chi connectivity index (χ1n) is 10.7. The van der Waals surface area contributed by atoms with Crippen molar-refractivity contribution in [3.05, 3.63) is 94.3 Å². The molecule has 0 aliphatic carbocycles. The normalized spacial score (nSPS) is 10.9. The van der Waals surface area contributed by atoms with Crippen LogP contribution >= 0.6 is 11.8 Å². The number of carbonyl (C=O) groups is 1. The minimum Gasteiger partial charge on any atom is -0.378 e. The van der Waals surface area contributed by atoms with Gasteiger partial charge in [0, 0.05) is 25.5 Å². The Morgan fingerprint density at radius 1 is 1.00 bits per heavy atom. The molecule has 0 unspecified atom stereocenters. The molecule has 1 amide bonds. The van der Waals surface area contributed by atoms with Crippen molar-refractivity contribution in [1.82, 2.24) is 9.55 Å². The van der Waals surface area contributed by atoms with E-state index in [2.05, 4.69) is 5.32 Å². The number of aryl methyl sites for hydroxylation is 1. The van der Waals surface area contributed by atoms with Gasteiger partial charge in [0.2, 0.25) is 5.91 Å². The van der Waals surface area contributed by atoms with Crippen LogP contribution in [0.25, 0.3) is 10.9 Å². The fourth-order valence-electron chi connectivity index (χ4n) is 3.44. The van der Waals surface area contributed by atoms with E-state index in [4.69, 9.17) is 4.98 Å². The zero-order chi connectivity index (χ0) is 23.4. The van der Waals surface area contributed by atoms with E-state index in [1.54, 1.807) is 10.6 Å². The monoisotopic (exact) mass is 458 g/mol. The van der Waals surface area contributed by atoms with Gasteiger partial charge in [0.05, 0.1) is 23.2 Å². The maximum atomic E-state index is 13.2. The Bertz CT molecular complexity index is 1330. The molecule has 33 heavy (non-hydrogen) atoms. The smallest absolute Gasteiger partial charge is 0.262 e. The first-order valence-corrected chi connectivity index (χ1v) is 11.6. The van der Waals surface area contributed by atoms with Crippen molar-refractivity contribution in [2.45, 2.75) is 18.6 Å². The number of nitrogens with zero attached hydrogens (tertiary/aromatic N) is 3. The number of thioether (sulfide) groups is 1. The predicted molar refractivity (Wildman–Crippen MR) is 136 cm³/mol. The van der Waals surface area contributed by atoms with Gasteiger partial charge in [-0.05, 0) is 48.9 Å². The maximum absolute atomic E-state index is 13.2. The number of hydrogen-bond acceptors (Lipinski definition) is 5. The fourth-order valence-corrected chi connectivity index (χ4v) is 4.24. The highest BCUT2D eigenvalue weighted by molar-refractivity contribution is 7.99. The molecule has 6 nitrogen and oxygen atoms in total. The number of anilines is 2. The summed E-state index contributed by atoms with van der Waals surface area (Å²) in [5, 5.41) is 4.01. The highest BCUT2D eigenvalue weighted by Gasteiger charge is 2.14. The molecule has 1 aromatic heterocycles. The molecule has 0 saturated carbocycles. The molecule has 0 radical (unpaired) electrons. The van der Waals surface area contributed by atoms with Crippen LogP contribution in [0.15, 0.2) is 82.7 Å². The van der Waals surface area contributed by atoms with Gasteiger partial charge in [0.15, 0.2) is 5.16 Å². The summed E-state index contributed by atoms with van der Waals surface area (Å²) >= 11 is 1.27. The van der Waals surface area contributed by atoms with Gasteiger partial charge in [0.25, 0.3) is 5.56 Å². The number of benzene rings is 3. The third-order valence-corrected chi connectivity index (χ3v) is 6.26. The summed E-state index contributed by atoms with van der Waals surface area (Å²) in [5.41, 5.74) is 4.48. The standard InChI is InChI=1S/C26H26N4O2S/c1-18-8-10-19(11-9-18)16-30-25(32)22-6-4-5-7-23(22)28-26(30)33-17-24(31)27-20-12-14-21(15-13-20)29(2)3/h4-15H,16-17H2,1-3H3,(H,27,31). The number of carbonyl (C=O) groups excluding carboxylic acids is 1. The van der Waals surface area contributed by atoms with E-state index in [1.165, 1.54) is 11.8 Å². The van der Waals surface area contributed by atoms with E-state index >= 15 is 0 Å². The Morgan fingerprint density at radius 2 is 1.70 bits per heavy atom. The van der Waals surface area contributed by atoms with E-state index in [1.807, 2.05) is 92.6 Å². The molecule has 0 saturated heterocycles. The van der Waals surface area contributed by atoms with Gasteiger partial charge in [-0.1, -0.05) is 53.7 Å². The van der Waals surface area contributed by atoms with E-state index in [0.717, 1.165) is 22.5 Å². The second-order valence-corrected chi connectivity index (χ2v) is 9.01. The SMILES string of the molecule is Cc1ccc(Cn2c(SCC(=O)Nc3ccc(N(C)C)cc3)nc3ccccc3c2=O)cc1. The topological polar surface area (TPSA) is 67.2 Å². The molecule has 0 fully saturated rings. The van der Waals surface area contributed by atoms with E-state index in [0.29, 0.717) is 22.6 Å². The van der Waals surface area contributed by atoms with Crippen LogP contribution in [0.5, 0.6) is 0 Å². The zero-order valence-corrected chi connectivity index (χ0v) is 19.7. The van der Waals surface area contributed by atoms with Crippen LogP contribution in [-0.4, -0.2) is 35.3 Å². The third kappa shape index (κ3) is 5.43. The minimum absolute atomic E-state index is 0.108. The largest absolute Gasteiger partial charge is 0.378 e. The Labute approximate surface area is 197 Å². The Morgan fingerprint density at radius 3 is 2.39 bits per heavy atom. The predicted octanol–water partition coefficient (Wildman–Crippen LogP) is 4.55. The molecule has 4 rings (SSSR count). The Kier molecular flexibility index (Phi) is 6.79. The van der Waals surface area contributed by atoms with Crippen molar-refractivity contribution in [2.75, 3.05) is 30.1 Å². The van der Waals surface area contributed by atoms with Gasteiger partial charge < -0.3 is 10.2 Å². The fraction of sp³-hybridized carbons (Fsp3) is 0.192. The van der Waals surface area contributed by atoms with Gasteiger partial charge in [-0.15, -0.1) is 0 Å². The second kappa shape index (κ2) is 9.92. The van der Waals surface area contributed by atoms with Gasteiger partial charge >= 0.3 is 0 Å². The summed E-state index contributed by atoms with van der Waals surface area (Å²) in [4.78, 5) is 32.6. The number of para-hydroxylation sites is 1. The molecule has 1 heterocycles. The summed E-state index contributed by atoms with van der Waals surface area (Å²) in [6, 6.07) is 23.0. The second-order valence-electron chi connectivity index (χ2n) is 8.07. The van der Waals surface area contributed by atoms with Crippen LogP contribution in [0.4, 0.5) is 11.4 Å². The van der Waals surface area contributed by atoms with Crippen molar-refractivity contribution in [2.24, 2.45) is 0 Å². The molecule has 0 aliphatic rings. The highest BCUT2D eigenvalue weighted by atomic mass is 32.2. The third-order valence-electron chi connectivity index (χ3n) is 5.29. The van der Waals surface area contributed by atoms with E-state index in [9.17, 15) is 9.59 Å². The van der Waals surface area contributed by atoms with E-state index < -0.39 is 0 Å². The lowest BCUT2D eigenvalue weighted by Gasteiger charge is -2.14. The van der Waals surface area contributed by atoms with Gasteiger partial charge in [0.1, 0.15) is 0 Å². The molecule has 0 aliphatic heterocycles. The number of fused-ring (bicyclic) bond motifs is 1. The first kappa shape index (κ1) is 22.6. The number of rotatable bonds is 7. The number of hydrogen-bond donors (Lipinski definition) is 1.